The first kappa shape index (κ1) is 18.5. The zero-order valence-electron chi connectivity index (χ0n) is 17.4. The molecule has 0 radical (unpaired) electrons. The molecule has 7 heteroatoms. The van der Waals surface area contributed by atoms with Crippen LogP contribution in [-0.4, -0.2) is 24.3 Å². The Labute approximate surface area is 185 Å². The van der Waals surface area contributed by atoms with Crippen LogP contribution in [0, 0.1) is 0 Å². The highest BCUT2D eigenvalue weighted by Crippen LogP contribution is 2.37. The molecule has 0 saturated heterocycles. The highest BCUT2D eigenvalue weighted by atomic mass is 15.4. The maximum atomic E-state index is 4.54. The maximum Gasteiger partial charge on any atom is 0.201 e. The van der Waals surface area contributed by atoms with Crippen LogP contribution < -0.4 is 10.1 Å². The standard InChI is InChI=1S/C25H22N7/c1-2-5-19(6-3-1)24-16-30(17-26-24)22-11-13-31(14-12-22)29-21-8-4-7-20(15-21)25-28-27-18-32(25)23-9-10-23/h1-8,11-18,23,29H,9-10H2/q+1. The van der Waals surface area contributed by atoms with E-state index >= 15 is 0 Å². The smallest absolute Gasteiger partial charge is 0.201 e. The van der Waals surface area contributed by atoms with Gasteiger partial charge in [0.15, 0.2) is 5.82 Å². The van der Waals surface area contributed by atoms with Gasteiger partial charge in [-0.2, -0.15) is 5.43 Å². The van der Waals surface area contributed by atoms with Gasteiger partial charge in [0.1, 0.15) is 6.33 Å². The normalized spacial score (nSPS) is 13.2. The van der Waals surface area contributed by atoms with Crippen molar-refractivity contribution in [2.24, 2.45) is 0 Å². The minimum Gasteiger partial charge on any atom is -0.310 e. The zero-order valence-corrected chi connectivity index (χ0v) is 17.4. The van der Waals surface area contributed by atoms with Crippen molar-refractivity contribution in [3.63, 3.8) is 0 Å². The average molecular weight is 421 g/mol. The Kier molecular flexibility index (Phi) is 4.50. The SMILES string of the molecule is c1ccc(-c2cn(-c3cc[n+](Nc4cccc(-c5nncn5C5CC5)c4)cc3)cn2)cc1. The molecule has 1 fully saturated rings. The van der Waals surface area contributed by atoms with Gasteiger partial charge < -0.3 is 9.13 Å². The van der Waals surface area contributed by atoms with Crippen molar-refractivity contribution in [1.82, 2.24) is 24.3 Å². The van der Waals surface area contributed by atoms with E-state index in [4.69, 9.17) is 0 Å². The monoisotopic (exact) mass is 420 g/mol. The predicted molar refractivity (Wildman–Crippen MR) is 122 cm³/mol. The Balaban J connectivity index is 1.20. The van der Waals surface area contributed by atoms with Crippen molar-refractivity contribution in [1.29, 1.82) is 0 Å². The number of hydrogen-bond donors (Lipinski definition) is 1. The number of imidazole rings is 1. The minimum absolute atomic E-state index is 0.545. The highest BCUT2D eigenvalue weighted by molar-refractivity contribution is 5.62. The molecule has 1 N–H and O–H groups in total. The molecule has 3 aromatic heterocycles. The van der Waals surface area contributed by atoms with Crippen LogP contribution >= 0.6 is 0 Å². The lowest BCUT2D eigenvalue weighted by molar-refractivity contribution is -0.642. The third kappa shape index (κ3) is 3.65. The van der Waals surface area contributed by atoms with Crippen LogP contribution in [0.15, 0.2) is 98.0 Å². The molecule has 1 saturated carbocycles. The molecular formula is C25H22N7+. The fraction of sp³-hybridized carbons (Fsp3) is 0.120. The molecule has 156 valence electrons. The third-order valence-electron chi connectivity index (χ3n) is 5.65. The summed E-state index contributed by atoms with van der Waals surface area (Å²) in [6, 6.07) is 23.1. The summed E-state index contributed by atoms with van der Waals surface area (Å²) < 4.78 is 6.14. The topological polar surface area (TPSA) is 64.4 Å². The molecule has 7 nitrogen and oxygen atoms in total. The van der Waals surface area contributed by atoms with Gasteiger partial charge in [-0.3, -0.25) is 0 Å². The number of rotatable bonds is 6. The van der Waals surface area contributed by atoms with Crippen LogP contribution in [0.4, 0.5) is 5.69 Å². The molecule has 1 aliphatic rings. The van der Waals surface area contributed by atoms with Crippen LogP contribution in [0.2, 0.25) is 0 Å². The number of aromatic nitrogens is 6. The predicted octanol–water partition coefficient (Wildman–Crippen LogP) is 4.30. The summed E-state index contributed by atoms with van der Waals surface area (Å²) in [5.41, 5.74) is 8.57. The van der Waals surface area contributed by atoms with Gasteiger partial charge in [0.2, 0.25) is 12.4 Å². The maximum absolute atomic E-state index is 4.54. The fourth-order valence-corrected chi connectivity index (χ4v) is 3.83. The fourth-order valence-electron chi connectivity index (χ4n) is 3.83. The Hall–Kier alpha value is -4.26. The summed E-state index contributed by atoms with van der Waals surface area (Å²) in [4.78, 5) is 4.54. The molecule has 0 atom stereocenters. The number of nitrogens with zero attached hydrogens (tertiary/aromatic N) is 6. The van der Waals surface area contributed by atoms with E-state index in [0.29, 0.717) is 6.04 Å². The van der Waals surface area contributed by atoms with E-state index in [1.165, 1.54) is 12.8 Å². The van der Waals surface area contributed by atoms with E-state index in [2.05, 4.69) is 61.6 Å². The van der Waals surface area contributed by atoms with Gasteiger partial charge in [0, 0.05) is 35.5 Å². The molecule has 3 heterocycles. The molecule has 1 aliphatic carbocycles. The number of anilines is 1. The van der Waals surface area contributed by atoms with Crippen LogP contribution in [0.5, 0.6) is 0 Å². The van der Waals surface area contributed by atoms with Gasteiger partial charge in [-0.25, -0.2) is 4.98 Å². The van der Waals surface area contributed by atoms with E-state index in [1.54, 1.807) is 0 Å². The molecule has 32 heavy (non-hydrogen) atoms. The molecular weight excluding hydrogens is 398 g/mol. The summed E-state index contributed by atoms with van der Waals surface area (Å²) in [7, 11) is 0. The highest BCUT2D eigenvalue weighted by Gasteiger charge is 2.26. The number of benzene rings is 2. The van der Waals surface area contributed by atoms with Gasteiger partial charge >= 0.3 is 0 Å². The summed E-state index contributed by atoms with van der Waals surface area (Å²) in [6.07, 6.45) is 12.1. The molecule has 2 aromatic carbocycles. The van der Waals surface area contributed by atoms with E-state index in [0.717, 1.165) is 34.0 Å². The summed E-state index contributed by atoms with van der Waals surface area (Å²) in [5, 5.41) is 8.45. The van der Waals surface area contributed by atoms with Gasteiger partial charge in [0.05, 0.1) is 23.4 Å². The molecule has 5 aromatic rings. The van der Waals surface area contributed by atoms with Gasteiger partial charge in [-0.1, -0.05) is 47.1 Å². The Morgan fingerprint density at radius 3 is 2.50 bits per heavy atom. The molecule has 0 bridgehead atoms. The first-order valence-electron chi connectivity index (χ1n) is 10.7. The first-order chi connectivity index (χ1) is 15.8. The second kappa shape index (κ2) is 7.77. The molecule has 0 aliphatic heterocycles. The van der Waals surface area contributed by atoms with Crippen molar-refractivity contribution >= 4 is 5.69 Å². The van der Waals surface area contributed by atoms with Crippen molar-refractivity contribution < 1.29 is 4.68 Å². The number of nitrogens with one attached hydrogen (secondary N) is 1. The quantitative estimate of drug-likeness (QED) is 0.416. The summed E-state index contributed by atoms with van der Waals surface area (Å²) in [5.74, 6) is 0.922. The molecule has 0 spiro atoms. The number of hydrogen-bond acceptors (Lipinski definition) is 4. The largest absolute Gasteiger partial charge is 0.310 e. The summed E-state index contributed by atoms with van der Waals surface area (Å²) in [6.45, 7) is 0. The van der Waals surface area contributed by atoms with Gasteiger partial charge in [0.25, 0.3) is 0 Å². The van der Waals surface area contributed by atoms with E-state index in [9.17, 15) is 0 Å². The van der Waals surface area contributed by atoms with E-state index in [-0.39, 0.29) is 0 Å². The third-order valence-corrected chi connectivity index (χ3v) is 5.65. The van der Waals surface area contributed by atoms with Crippen LogP contribution in [0.3, 0.4) is 0 Å². The minimum atomic E-state index is 0.545. The molecule has 6 rings (SSSR count). The molecule has 0 unspecified atom stereocenters. The Morgan fingerprint density at radius 2 is 1.69 bits per heavy atom. The van der Waals surface area contributed by atoms with Gasteiger partial charge in [-0.15, -0.1) is 10.2 Å². The van der Waals surface area contributed by atoms with Crippen molar-refractivity contribution in [3.05, 3.63) is 98.0 Å². The second-order valence-electron chi connectivity index (χ2n) is 7.98. The lowest BCUT2D eigenvalue weighted by Gasteiger charge is -2.07. The Morgan fingerprint density at radius 1 is 0.875 bits per heavy atom. The van der Waals surface area contributed by atoms with Crippen LogP contribution in [0.1, 0.15) is 18.9 Å². The average Bonchev–Trinajstić information content (AvgIpc) is 3.36. The number of pyridine rings is 1. The first-order valence-corrected chi connectivity index (χ1v) is 10.7. The molecule has 0 amide bonds. The van der Waals surface area contributed by atoms with E-state index < -0.39 is 0 Å². The summed E-state index contributed by atoms with van der Waals surface area (Å²) >= 11 is 0. The Bertz CT molecular complexity index is 1350. The van der Waals surface area contributed by atoms with Crippen molar-refractivity contribution in [2.75, 3.05) is 5.43 Å². The second-order valence-corrected chi connectivity index (χ2v) is 7.98. The lowest BCUT2D eigenvalue weighted by Crippen LogP contribution is -2.41. The van der Waals surface area contributed by atoms with Crippen molar-refractivity contribution in [2.45, 2.75) is 18.9 Å². The van der Waals surface area contributed by atoms with Crippen molar-refractivity contribution in [3.8, 4) is 28.3 Å². The van der Waals surface area contributed by atoms with Crippen LogP contribution in [-0.2, 0) is 0 Å². The van der Waals surface area contributed by atoms with E-state index in [1.807, 2.05) is 70.8 Å². The van der Waals surface area contributed by atoms with Crippen LogP contribution in [0.25, 0.3) is 28.3 Å². The lowest BCUT2D eigenvalue weighted by atomic mass is 10.2. The van der Waals surface area contributed by atoms with Gasteiger partial charge in [-0.05, 0) is 25.0 Å². The zero-order chi connectivity index (χ0) is 21.3.